The van der Waals surface area contributed by atoms with E-state index < -0.39 is 0 Å². The molecule has 8 heteroatoms. The molecule has 1 aliphatic rings. The quantitative estimate of drug-likeness (QED) is 0.685. The second kappa shape index (κ2) is 9.04. The Labute approximate surface area is 185 Å². The smallest absolute Gasteiger partial charge is 0.274 e. The number of nitriles is 1. The molecule has 4 rings (SSSR count). The van der Waals surface area contributed by atoms with Crippen molar-refractivity contribution in [2.24, 2.45) is 7.05 Å². The first-order valence-corrected chi connectivity index (χ1v) is 10.3. The van der Waals surface area contributed by atoms with Crippen molar-refractivity contribution in [3.05, 3.63) is 75.8 Å². The fourth-order valence-corrected chi connectivity index (χ4v) is 3.70. The number of amides is 1. The molecular formula is C24H23N5O3. The van der Waals surface area contributed by atoms with E-state index in [1.165, 1.54) is 10.8 Å². The number of anilines is 2. The van der Waals surface area contributed by atoms with Crippen LogP contribution in [0.15, 0.2) is 53.6 Å². The van der Waals surface area contributed by atoms with Crippen LogP contribution < -0.4 is 10.9 Å². The van der Waals surface area contributed by atoms with Crippen LogP contribution in [0.25, 0.3) is 11.1 Å². The van der Waals surface area contributed by atoms with Gasteiger partial charge in [-0.15, -0.1) is 0 Å². The number of nitrogens with one attached hydrogen (secondary N) is 1. The number of ether oxygens (including phenoxy) is 1. The molecule has 0 aliphatic carbocycles. The number of pyridine rings is 2. The fraction of sp³-hybridized carbons (Fsp3) is 0.250. The summed E-state index contributed by atoms with van der Waals surface area (Å²) in [5.74, 6) is 0.374. The number of morpholine rings is 1. The molecule has 3 aromatic rings. The SMILES string of the molecule is Cc1c(C#N)cccc1-c1cc(Nc2ccc(C(=O)N3CCOCC3)cn2)c(=O)n(C)c1. The molecule has 0 unspecified atom stereocenters. The second-order valence-corrected chi connectivity index (χ2v) is 7.61. The van der Waals surface area contributed by atoms with E-state index in [1.807, 2.05) is 19.1 Å². The van der Waals surface area contributed by atoms with Gasteiger partial charge in [0.05, 0.1) is 30.4 Å². The Kier molecular flexibility index (Phi) is 6.01. The van der Waals surface area contributed by atoms with Gasteiger partial charge in [0.2, 0.25) is 0 Å². The summed E-state index contributed by atoms with van der Waals surface area (Å²) in [4.78, 5) is 31.3. The third kappa shape index (κ3) is 4.24. The summed E-state index contributed by atoms with van der Waals surface area (Å²) in [6.45, 7) is 4.09. The van der Waals surface area contributed by atoms with Crippen molar-refractivity contribution in [1.82, 2.24) is 14.5 Å². The second-order valence-electron chi connectivity index (χ2n) is 7.61. The minimum Gasteiger partial charge on any atom is -0.378 e. The van der Waals surface area contributed by atoms with Crippen LogP contribution in [0, 0.1) is 18.3 Å². The highest BCUT2D eigenvalue weighted by atomic mass is 16.5. The highest BCUT2D eigenvalue weighted by Crippen LogP contribution is 2.27. The Balaban J connectivity index is 1.60. The molecule has 1 N–H and O–H groups in total. The molecular weight excluding hydrogens is 406 g/mol. The molecule has 1 fully saturated rings. The topological polar surface area (TPSA) is 100 Å². The van der Waals surface area contributed by atoms with Gasteiger partial charge in [0, 0.05) is 38.1 Å². The van der Waals surface area contributed by atoms with Gasteiger partial charge < -0.3 is 19.5 Å². The number of benzene rings is 1. The van der Waals surface area contributed by atoms with Crippen LogP contribution in [-0.4, -0.2) is 46.7 Å². The molecule has 0 spiro atoms. The lowest BCUT2D eigenvalue weighted by molar-refractivity contribution is 0.0302. The van der Waals surface area contributed by atoms with E-state index in [4.69, 9.17) is 4.74 Å². The van der Waals surface area contributed by atoms with Crippen LogP contribution in [0.1, 0.15) is 21.5 Å². The summed E-state index contributed by atoms with van der Waals surface area (Å²) in [5.41, 5.74) is 3.76. The highest BCUT2D eigenvalue weighted by Gasteiger charge is 2.19. The van der Waals surface area contributed by atoms with Crippen LogP contribution in [0.4, 0.5) is 11.5 Å². The Bertz CT molecular complexity index is 1250. The van der Waals surface area contributed by atoms with E-state index in [2.05, 4.69) is 16.4 Å². The lowest BCUT2D eigenvalue weighted by Crippen LogP contribution is -2.40. The van der Waals surface area contributed by atoms with Crippen molar-refractivity contribution in [2.75, 3.05) is 31.6 Å². The van der Waals surface area contributed by atoms with Gasteiger partial charge in [-0.1, -0.05) is 12.1 Å². The Morgan fingerprint density at radius 1 is 1.22 bits per heavy atom. The number of carbonyl (C=O) groups is 1. The van der Waals surface area contributed by atoms with Crippen LogP contribution in [0.3, 0.4) is 0 Å². The van der Waals surface area contributed by atoms with Crippen molar-refractivity contribution in [1.29, 1.82) is 5.26 Å². The molecule has 8 nitrogen and oxygen atoms in total. The summed E-state index contributed by atoms with van der Waals surface area (Å²) in [7, 11) is 1.68. The zero-order valence-corrected chi connectivity index (χ0v) is 18.0. The maximum absolute atomic E-state index is 12.7. The van der Waals surface area contributed by atoms with Gasteiger partial charge >= 0.3 is 0 Å². The largest absolute Gasteiger partial charge is 0.378 e. The number of aryl methyl sites for hydroxylation is 1. The number of hydrogen-bond acceptors (Lipinski definition) is 6. The molecule has 2 aromatic heterocycles. The third-order valence-electron chi connectivity index (χ3n) is 5.52. The summed E-state index contributed by atoms with van der Waals surface area (Å²) in [6.07, 6.45) is 3.25. The van der Waals surface area contributed by atoms with E-state index in [1.54, 1.807) is 42.4 Å². The Morgan fingerprint density at radius 2 is 2.00 bits per heavy atom. The average Bonchev–Trinajstić information content (AvgIpc) is 2.82. The minimum absolute atomic E-state index is 0.0851. The molecule has 0 atom stereocenters. The summed E-state index contributed by atoms with van der Waals surface area (Å²) < 4.78 is 6.78. The molecule has 0 bridgehead atoms. The van der Waals surface area contributed by atoms with Crippen LogP contribution in [0.2, 0.25) is 0 Å². The predicted octanol–water partition coefficient (Wildman–Crippen LogP) is 2.84. The number of hydrogen-bond donors (Lipinski definition) is 1. The van der Waals surface area contributed by atoms with Gasteiger partial charge in [-0.2, -0.15) is 5.26 Å². The normalized spacial score (nSPS) is 13.5. The standard InChI is InChI=1S/C24H23N5O3/c1-16-17(13-25)4-3-5-20(16)19-12-21(24(31)28(2)15-19)27-22-7-6-18(14-26-22)23(30)29-8-10-32-11-9-29/h3-7,12,14-15H,8-11H2,1-2H3,(H,26,27). The predicted molar refractivity (Wildman–Crippen MR) is 121 cm³/mol. The van der Waals surface area contributed by atoms with Crippen LogP contribution in [-0.2, 0) is 11.8 Å². The highest BCUT2D eigenvalue weighted by molar-refractivity contribution is 5.94. The molecule has 0 saturated carbocycles. The fourth-order valence-electron chi connectivity index (χ4n) is 3.70. The maximum atomic E-state index is 12.7. The van der Waals surface area contributed by atoms with Crippen molar-refractivity contribution < 1.29 is 9.53 Å². The molecule has 1 aliphatic heterocycles. The van der Waals surface area contributed by atoms with Gasteiger partial charge in [0.1, 0.15) is 11.5 Å². The van der Waals surface area contributed by atoms with Crippen molar-refractivity contribution in [3.8, 4) is 17.2 Å². The van der Waals surface area contributed by atoms with Gasteiger partial charge in [0.15, 0.2) is 0 Å². The summed E-state index contributed by atoms with van der Waals surface area (Å²) >= 11 is 0. The molecule has 0 radical (unpaired) electrons. The number of nitrogens with zero attached hydrogens (tertiary/aromatic N) is 4. The van der Waals surface area contributed by atoms with E-state index in [9.17, 15) is 14.9 Å². The first kappa shape index (κ1) is 21.3. The average molecular weight is 429 g/mol. The summed E-state index contributed by atoms with van der Waals surface area (Å²) in [5, 5.41) is 12.4. The van der Waals surface area contributed by atoms with Crippen molar-refractivity contribution in [3.63, 3.8) is 0 Å². The molecule has 32 heavy (non-hydrogen) atoms. The lowest BCUT2D eigenvalue weighted by Gasteiger charge is -2.26. The minimum atomic E-state index is -0.210. The number of aromatic nitrogens is 2. The van der Waals surface area contributed by atoms with E-state index in [0.29, 0.717) is 48.9 Å². The van der Waals surface area contributed by atoms with E-state index in [-0.39, 0.29) is 11.5 Å². The third-order valence-corrected chi connectivity index (χ3v) is 5.52. The zero-order chi connectivity index (χ0) is 22.7. The van der Waals surface area contributed by atoms with Gasteiger partial charge in [-0.05, 0) is 42.3 Å². The Hall–Kier alpha value is -3.96. The van der Waals surface area contributed by atoms with E-state index >= 15 is 0 Å². The molecule has 1 saturated heterocycles. The zero-order valence-electron chi connectivity index (χ0n) is 18.0. The molecule has 1 aromatic carbocycles. The molecule has 162 valence electrons. The molecule has 3 heterocycles. The summed E-state index contributed by atoms with van der Waals surface area (Å²) in [6, 6.07) is 12.8. The molecule has 1 amide bonds. The number of carbonyl (C=O) groups excluding carboxylic acids is 1. The van der Waals surface area contributed by atoms with E-state index in [0.717, 1.165) is 16.7 Å². The first-order chi connectivity index (χ1) is 15.5. The van der Waals surface area contributed by atoms with Crippen LogP contribution >= 0.6 is 0 Å². The van der Waals surface area contributed by atoms with Crippen molar-refractivity contribution in [2.45, 2.75) is 6.92 Å². The number of rotatable bonds is 4. The maximum Gasteiger partial charge on any atom is 0.274 e. The van der Waals surface area contributed by atoms with Gasteiger partial charge in [-0.25, -0.2) is 4.98 Å². The first-order valence-electron chi connectivity index (χ1n) is 10.3. The van der Waals surface area contributed by atoms with Crippen LogP contribution in [0.5, 0.6) is 0 Å². The monoisotopic (exact) mass is 429 g/mol. The lowest BCUT2D eigenvalue weighted by atomic mass is 9.98. The van der Waals surface area contributed by atoms with Gasteiger partial charge in [0.25, 0.3) is 11.5 Å². The van der Waals surface area contributed by atoms with Crippen molar-refractivity contribution >= 4 is 17.4 Å². The Morgan fingerprint density at radius 3 is 2.69 bits per heavy atom. The van der Waals surface area contributed by atoms with Gasteiger partial charge in [-0.3, -0.25) is 9.59 Å².